The highest BCUT2D eigenvalue weighted by molar-refractivity contribution is 9.10. The number of carbonyl (C=O) groups excluding carboxylic acids is 1. The fourth-order valence-electron chi connectivity index (χ4n) is 1.37. The predicted octanol–water partition coefficient (Wildman–Crippen LogP) is 0.720. The molecule has 1 aromatic carbocycles. The summed E-state index contributed by atoms with van der Waals surface area (Å²) in [5, 5.41) is 2.50. The summed E-state index contributed by atoms with van der Waals surface area (Å²) in [6.45, 7) is 0.0921. The summed E-state index contributed by atoms with van der Waals surface area (Å²) >= 11 is 2.90. The van der Waals surface area contributed by atoms with Crippen LogP contribution in [0.5, 0.6) is 0 Å². The second kappa shape index (κ2) is 7.05. The maximum absolute atomic E-state index is 13.2. The van der Waals surface area contributed by atoms with Gasteiger partial charge in [-0.05, 0) is 28.1 Å². The molecule has 0 atom stereocenters. The summed E-state index contributed by atoms with van der Waals surface area (Å²) in [6.07, 6.45) is 0. The quantitative estimate of drug-likeness (QED) is 0.515. The Labute approximate surface area is 130 Å². The normalized spacial score (nSPS) is 11.2. The number of anilines is 1. The van der Waals surface area contributed by atoms with Crippen LogP contribution in [0, 0.1) is 5.82 Å². The van der Waals surface area contributed by atoms with Gasteiger partial charge in [-0.2, -0.15) is 0 Å². The minimum Gasteiger partial charge on any atom is -0.398 e. The van der Waals surface area contributed by atoms with Crippen LogP contribution in [0.3, 0.4) is 0 Å². The van der Waals surface area contributed by atoms with Gasteiger partial charge in [0.1, 0.15) is 10.7 Å². The zero-order valence-corrected chi connectivity index (χ0v) is 13.9. The van der Waals surface area contributed by atoms with Crippen molar-refractivity contribution in [3.8, 4) is 0 Å². The second-order valence-electron chi connectivity index (χ2n) is 4.33. The van der Waals surface area contributed by atoms with Gasteiger partial charge in [0.25, 0.3) is 0 Å². The monoisotopic (exact) mass is 382 g/mol. The summed E-state index contributed by atoms with van der Waals surface area (Å²) < 4.78 is 39.6. The van der Waals surface area contributed by atoms with Gasteiger partial charge in [-0.15, -0.1) is 0 Å². The van der Waals surface area contributed by atoms with Crippen LogP contribution in [-0.4, -0.2) is 46.5 Å². The van der Waals surface area contributed by atoms with Crippen molar-refractivity contribution in [1.82, 2.24) is 14.9 Å². The lowest BCUT2D eigenvalue weighted by Crippen LogP contribution is -2.39. The van der Waals surface area contributed by atoms with Gasteiger partial charge in [0, 0.05) is 27.2 Å². The molecule has 4 N–H and O–H groups in total. The number of nitrogens with zero attached hydrogens (tertiary/aromatic N) is 1. The lowest BCUT2D eigenvalue weighted by molar-refractivity contribution is 0.217. The first-order chi connectivity index (χ1) is 9.65. The first-order valence-electron chi connectivity index (χ1n) is 5.84. The van der Waals surface area contributed by atoms with Gasteiger partial charge in [0.15, 0.2) is 0 Å². The maximum atomic E-state index is 13.2. The summed E-state index contributed by atoms with van der Waals surface area (Å²) in [5.41, 5.74) is 5.32. The van der Waals surface area contributed by atoms with E-state index in [0.717, 1.165) is 12.1 Å². The summed E-state index contributed by atoms with van der Waals surface area (Å²) in [6, 6.07) is 1.68. The van der Waals surface area contributed by atoms with Crippen molar-refractivity contribution < 1.29 is 17.6 Å². The molecule has 0 fully saturated rings. The van der Waals surface area contributed by atoms with Crippen LogP contribution in [0.2, 0.25) is 0 Å². The number of amides is 2. The average molecular weight is 383 g/mol. The van der Waals surface area contributed by atoms with Gasteiger partial charge >= 0.3 is 6.03 Å². The molecule has 1 aromatic rings. The van der Waals surface area contributed by atoms with Gasteiger partial charge in [-0.3, -0.25) is 0 Å². The summed E-state index contributed by atoms with van der Waals surface area (Å²) in [5.74, 6) is -0.648. The van der Waals surface area contributed by atoms with E-state index in [1.165, 1.54) is 4.90 Å². The number of sulfonamides is 1. The molecule has 2 amide bonds. The molecule has 1 rings (SSSR count). The fourth-order valence-corrected chi connectivity index (χ4v) is 3.03. The summed E-state index contributed by atoms with van der Waals surface area (Å²) in [4.78, 5) is 12.3. The number of nitrogen functional groups attached to an aromatic ring is 1. The average Bonchev–Trinajstić information content (AvgIpc) is 2.38. The van der Waals surface area contributed by atoms with Crippen LogP contribution in [0.15, 0.2) is 21.5 Å². The molecule has 0 aliphatic rings. The molecule has 0 aliphatic carbocycles. The van der Waals surface area contributed by atoms with Gasteiger partial charge in [0.2, 0.25) is 10.0 Å². The topological polar surface area (TPSA) is 105 Å². The van der Waals surface area contributed by atoms with E-state index in [1.807, 2.05) is 0 Å². The largest absolute Gasteiger partial charge is 0.398 e. The second-order valence-corrected chi connectivity index (χ2v) is 6.92. The zero-order valence-electron chi connectivity index (χ0n) is 11.5. The Morgan fingerprint density at radius 1 is 1.38 bits per heavy atom. The number of rotatable bonds is 5. The van der Waals surface area contributed by atoms with Crippen molar-refractivity contribution in [2.24, 2.45) is 0 Å². The highest BCUT2D eigenvalue weighted by Crippen LogP contribution is 2.25. The van der Waals surface area contributed by atoms with Crippen LogP contribution < -0.4 is 15.8 Å². The number of nitrogens with two attached hydrogens (primary N) is 1. The lowest BCUT2D eigenvalue weighted by atomic mass is 10.3. The third-order valence-electron chi connectivity index (χ3n) is 2.44. The molecule has 0 bridgehead atoms. The van der Waals surface area contributed by atoms with Crippen molar-refractivity contribution in [2.75, 3.05) is 32.9 Å². The lowest BCUT2D eigenvalue weighted by Gasteiger charge is -2.13. The predicted molar refractivity (Wildman–Crippen MR) is 80.8 cm³/mol. The Morgan fingerprint density at radius 2 is 2.00 bits per heavy atom. The molecular formula is C11H16BrFN4O3S. The number of hydrogen-bond acceptors (Lipinski definition) is 4. The van der Waals surface area contributed by atoms with Crippen LogP contribution in [0.1, 0.15) is 0 Å². The van der Waals surface area contributed by atoms with E-state index in [0.29, 0.717) is 0 Å². The van der Waals surface area contributed by atoms with Gasteiger partial charge in [0.05, 0.1) is 10.2 Å². The van der Waals surface area contributed by atoms with Crippen LogP contribution >= 0.6 is 15.9 Å². The maximum Gasteiger partial charge on any atom is 0.316 e. The van der Waals surface area contributed by atoms with Crippen LogP contribution in [0.25, 0.3) is 0 Å². The molecule has 0 saturated heterocycles. The molecule has 0 heterocycles. The molecule has 0 aromatic heterocycles. The van der Waals surface area contributed by atoms with Crippen LogP contribution in [-0.2, 0) is 10.0 Å². The Morgan fingerprint density at radius 3 is 2.57 bits per heavy atom. The number of nitrogens with one attached hydrogen (secondary N) is 2. The van der Waals surface area contributed by atoms with Gasteiger partial charge < -0.3 is 16.0 Å². The molecule has 0 aliphatic heterocycles. The van der Waals surface area contributed by atoms with Crippen molar-refractivity contribution in [3.63, 3.8) is 0 Å². The third kappa shape index (κ3) is 4.83. The van der Waals surface area contributed by atoms with E-state index in [4.69, 9.17) is 5.73 Å². The minimum absolute atomic E-state index is 0.00187. The molecule has 10 heteroatoms. The van der Waals surface area contributed by atoms with Gasteiger partial charge in [-0.1, -0.05) is 0 Å². The Bertz CT molecular complexity index is 637. The van der Waals surface area contributed by atoms with Crippen molar-refractivity contribution in [2.45, 2.75) is 4.90 Å². The van der Waals surface area contributed by atoms with E-state index in [2.05, 4.69) is 26.0 Å². The SMILES string of the molecule is CN(C)C(=O)NCCNS(=O)(=O)c1cc(Br)c(F)cc1N. The zero-order chi connectivity index (χ0) is 16.2. The van der Waals surface area contributed by atoms with Crippen molar-refractivity contribution in [3.05, 3.63) is 22.4 Å². The van der Waals surface area contributed by atoms with E-state index in [-0.39, 0.29) is 34.2 Å². The molecule has 118 valence electrons. The Balaban J connectivity index is 2.71. The molecule has 0 spiro atoms. The Hall–Kier alpha value is -1.39. The first kappa shape index (κ1) is 17.7. The number of halogens is 2. The first-order valence-corrected chi connectivity index (χ1v) is 8.12. The molecular weight excluding hydrogens is 367 g/mol. The van der Waals surface area contributed by atoms with Crippen molar-refractivity contribution in [1.29, 1.82) is 0 Å². The molecule has 7 nitrogen and oxygen atoms in total. The van der Waals surface area contributed by atoms with Gasteiger partial charge in [-0.25, -0.2) is 22.3 Å². The molecule has 21 heavy (non-hydrogen) atoms. The highest BCUT2D eigenvalue weighted by atomic mass is 79.9. The minimum atomic E-state index is -3.88. The number of benzene rings is 1. The molecule has 0 radical (unpaired) electrons. The van der Waals surface area contributed by atoms with E-state index in [1.54, 1.807) is 14.1 Å². The van der Waals surface area contributed by atoms with E-state index >= 15 is 0 Å². The number of urea groups is 1. The standard InChI is InChI=1S/C11H16BrFN4O3S/c1-17(2)11(18)15-3-4-16-21(19,20)10-5-7(12)8(13)6-9(10)14/h5-6,16H,3-4,14H2,1-2H3,(H,15,18). The van der Waals surface area contributed by atoms with E-state index in [9.17, 15) is 17.6 Å². The van der Waals surface area contributed by atoms with E-state index < -0.39 is 15.8 Å². The van der Waals surface area contributed by atoms with Crippen LogP contribution in [0.4, 0.5) is 14.9 Å². The Kier molecular flexibility index (Phi) is 5.93. The third-order valence-corrected chi connectivity index (χ3v) is 4.57. The summed E-state index contributed by atoms with van der Waals surface area (Å²) in [7, 11) is -0.754. The smallest absolute Gasteiger partial charge is 0.316 e. The number of carbonyl (C=O) groups is 1. The molecule has 0 unspecified atom stereocenters. The molecule has 0 saturated carbocycles. The van der Waals surface area contributed by atoms with Crippen molar-refractivity contribution >= 4 is 37.7 Å². The number of hydrogen-bond donors (Lipinski definition) is 3. The fraction of sp³-hybridized carbons (Fsp3) is 0.364. The highest BCUT2D eigenvalue weighted by Gasteiger charge is 2.19.